The maximum Gasteiger partial charge on any atom is 0.255 e. The van der Waals surface area contributed by atoms with Crippen molar-refractivity contribution in [2.45, 2.75) is 13.0 Å². The predicted molar refractivity (Wildman–Crippen MR) is 94.8 cm³/mol. The number of benzene rings is 2. The maximum atomic E-state index is 12.4. The Morgan fingerprint density at radius 2 is 1.96 bits per heavy atom. The van der Waals surface area contributed by atoms with Gasteiger partial charge in [-0.25, -0.2) is 0 Å². The van der Waals surface area contributed by atoms with Crippen LogP contribution in [0.25, 0.3) is 6.08 Å². The summed E-state index contributed by atoms with van der Waals surface area (Å²) in [6.45, 7) is 1.05. The Kier molecular flexibility index (Phi) is 4.51. The van der Waals surface area contributed by atoms with Crippen LogP contribution >= 0.6 is 0 Å². The molecule has 0 aromatic heterocycles. The quantitative estimate of drug-likeness (QED) is 0.888. The lowest BCUT2D eigenvalue weighted by molar-refractivity contribution is 0.0948. The van der Waals surface area contributed by atoms with Crippen LogP contribution in [0.2, 0.25) is 0 Å². The molecule has 0 bridgehead atoms. The van der Waals surface area contributed by atoms with Crippen molar-refractivity contribution in [3.63, 3.8) is 0 Å². The Morgan fingerprint density at radius 1 is 1.21 bits per heavy atom. The SMILES string of the molecule is CN(C)c1ccc(CNC(=O)c2ccc3c(c2O)=NCCC=3)cc1. The van der Waals surface area contributed by atoms with Gasteiger partial charge in [-0.1, -0.05) is 24.3 Å². The zero-order valence-corrected chi connectivity index (χ0v) is 13.9. The Balaban J connectivity index is 1.74. The van der Waals surface area contributed by atoms with Crippen LogP contribution in [0.5, 0.6) is 5.75 Å². The lowest BCUT2D eigenvalue weighted by atomic mass is 10.1. The molecule has 0 unspecified atom stereocenters. The molecule has 0 radical (unpaired) electrons. The number of hydrogen-bond donors (Lipinski definition) is 2. The number of aromatic hydroxyl groups is 1. The number of phenolic OH excluding ortho intramolecular Hbond substituents is 1. The van der Waals surface area contributed by atoms with Crippen LogP contribution in [0.3, 0.4) is 0 Å². The summed E-state index contributed by atoms with van der Waals surface area (Å²) in [5.41, 5.74) is 2.37. The van der Waals surface area contributed by atoms with Crippen LogP contribution in [0.4, 0.5) is 5.69 Å². The Morgan fingerprint density at radius 3 is 2.67 bits per heavy atom. The third kappa shape index (κ3) is 3.25. The Hall–Kier alpha value is -2.82. The van der Waals surface area contributed by atoms with Gasteiger partial charge in [0.25, 0.3) is 5.91 Å². The van der Waals surface area contributed by atoms with E-state index in [1.165, 1.54) is 0 Å². The molecule has 2 N–H and O–H groups in total. The third-order valence-corrected chi connectivity index (χ3v) is 4.10. The van der Waals surface area contributed by atoms with Crippen molar-refractivity contribution in [1.82, 2.24) is 5.32 Å². The molecule has 0 saturated carbocycles. The van der Waals surface area contributed by atoms with E-state index in [0.717, 1.165) is 22.9 Å². The molecule has 3 rings (SSSR count). The van der Waals surface area contributed by atoms with E-state index < -0.39 is 0 Å². The van der Waals surface area contributed by atoms with Gasteiger partial charge in [0.1, 0.15) is 5.36 Å². The number of rotatable bonds is 4. The monoisotopic (exact) mass is 323 g/mol. The van der Waals surface area contributed by atoms with Crippen LogP contribution in [-0.4, -0.2) is 31.7 Å². The molecular weight excluding hydrogens is 302 g/mol. The normalized spacial score (nSPS) is 12.6. The van der Waals surface area contributed by atoms with Gasteiger partial charge in [-0.2, -0.15) is 0 Å². The first-order valence-corrected chi connectivity index (χ1v) is 7.97. The first-order valence-electron chi connectivity index (χ1n) is 7.97. The molecule has 0 aliphatic carbocycles. The third-order valence-electron chi connectivity index (χ3n) is 4.10. The highest BCUT2D eigenvalue weighted by Crippen LogP contribution is 2.13. The van der Waals surface area contributed by atoms with Crippen molar-refractivity contribution in [3.8, 4) is 5.75 Å². The molecule has 2 aromatic carbocycles. The van der Waals surface area contributed by atoms with E-state index in [-0.39, 0.29) is 17.2 Å². The van der Waals surface area contributed by atoms with Crippen molar-refractivity contribution < 1.29 is 9.90 Å². The van der Waals surface area contributed by atoms with E-state index in [4.69, 9.17) is 0 Å². The molecule has 0 fully saturated rings. The fraction of sp³-hybridized carbons (Fsp3) is 0.263. The molecule has 0 atom stereocenters. The highest BCUT2D eigenvalue weighted by Gasteiger charge is 2.13. The van der Waals surface area contributed by atoms with Crippen LogP contribution in [-0.2, 0) is 6.54 Å². The Bertz CT molecular complexity index is 871. The Labute approximate surface area is 141 Å². The van der Waals surface area contributed by atoms with E-state index in [9.17, 15) is 9.90 Å². The molecular formula is C19H21N3O2. The lowest BCUT2D eigenvalue weighted by Crippen LogP contribution is -2.32. The van der Waals surface area contributed by atoms with Gasteiger partial charge in [-0.3, -0.25) is 9.79 Å². The van der Waals surface area contributed by atoms with Crippen molar-refractivity contribution in [2.75, 3.05) is 25.5 Å². The highest BCUT2D eigenvalue weighted by atomic mass is 16.3. The summed E-state index contributed by atoms with van der Waals surface area (Å²) in [4.78, 5) is 18.7. The second-order valence-electron chi connectivity index (χ2n) is 6.02. The van der Waals surface area contributed by atoms with Crippen molar-refractivity contribution >= 4 is 17.7 Å². The van der Waals surface area contributed by atoms with Crippen LogP contribution in [0.15, 0.2) is 41.4 Å². The van der Waals surface area contributed by atoms with E-state index in [2.05, 4.69) is 10.3 Å². The number of fused-ring (bicyclic) bond motifs is 1. The molecule has 124 valence electrons. The molecule has 5 heteroatoms. The van der Waals surface area contributed by atoms with E-state index in [0.29, 0.717) is 18.4 Å². The van der Waals surface area contributed by atoms with Crippen molar-refractivity contribution in [3.05, 3.63) is 58.1 Å². The summed E-state index contributed by atoms with van der Waals surface area (Å²) >= 11 is 0. The minimum atomic E-state index is -0.298. The van der Waals surface area contributed by atoms with Crippen LogP contribution in [0, 0.1) is 0 Å². The minimum Gasteiger partial charge on any atom is -0.505 e. The lowest BCUT2D eigenvalue weighted by Gasteiger charge is -2.13. The van der Waals surface area contributed by atoms with Gasteiger partial charge in [0, 0.05) is 32.9 Å². The van der Waals surface area contributed by atoms with Gasteiger partial charge >= 0.3 is 0 Å². The second kappa shape index (κ2) is 6.74. The zero-order valence-electron chi connectivity index (χ0n) is 13.9. The first kappa shape index (κ1) is 16.1. The summed E-state index contributed by atoms with van der Waals surface area (Å²) in [6, 6.07) is 11.5. The highest BCUT2D eigenvalue weighted by molar-refractivity contribution is 5.96. The summed E-state index contributed by atoms with van der Waals surface area (Å²) < 4.78 is 0. The molecule has 1 aliphatic rings. The fourth-order valence-corrected chi connectivity index (χ4v) is 2.70. The van der Waals surface area contributed by atoms with Gasteiger partial charge in [0.05, 0.1) is 5.56 Å². The fourth-order valence-electron chi connectivity index (χ4n) is 2.70. The number of carbonyl (C=O) groups excluding carboxylic acids is 1. The van der Waals surface area contributed by atoms with Gasteiger partial charge in [0.15, 0.2) is 5.75 Å². The second-order valence-corrected chi connectivity index (χ2v) is 6.02. The molecule has 0 spiro atoms. The standard InChI is InChI=1S/C19H21N3O2/c1-22(2)15-8-5-13(6-9-15)12-21-19(24)16-10-7-14-4-3-11-20-17(14)18(16)23/h4-10,23H,3,11-12H2,1-2H3,(H,21,24). The molecule has 0 saturated heterocycles. The van der Waals surface area contributed by atoms with Crippen molar-refractivity contribution in [1.29, 1.82) is 0 Å². The largest absolute Gasteiger partial charge is 0.505 e. The average molecular weight is 323 g/mol. The van der Waals surface area contributed by atoms with Crippen LogP contribution in [0.1, 0.15) is 22.3 Å². The van der Waals surface area contributed by atoms with E-state index in [1.807, 2.05) is 55.4 Å². The van der Waals surface area contributed by atoms with Gasteiger partial charge in [-0.05, 0) is 35.4 Å². The van der Waals surface area contributed by atoms with Gasteiger partial charge in [0.2, 0.25) is 0 Å². The van der Waals surface area contributed by atoms with E-state index in [1.54, 1.807) is 6.07 Å². The minimum absolute atomic E-state index is 0.0381. The number of nitrogens with one attached hydrogen (secondary N) is 1. The summed E-state index contributed by atoms with van der Waals surface area (Å²) in [6.07, 6.45) is 2.89. The average Bonchev–Trinajstić information content (AvgIpc) is 2.60. The van der Waals surface area contributed by atoms with E-state index >= 15 is 0 Å². The van der Waals surface area contributed by atoms with Crippen molar-refractivity contribution in [2.24, 2.45) is 4.99 Å². The maximum absolute atomic E-state index is 12.4. The topological polar surface area (TPSA) is 64.9 Å². The van der Waals surface area contributed by atoms with Crippen LogP contribution < -0.4 is 20.8 Å². The van der Waals surface area contributed by atoms with Gasteiger partial charge in [-0.15, -0.1) is 0 Å². The predicted octanol–water partition coefficient (Wildman–Crippen LogP) is 1.19. The first-order chi connectivity index (χ1) is 11.6. The summed E-state index contributed by atoms with van der Waals surface area (Å²) in [7, 11) is 3.97. The molecule has 1 amide bonds. The molecule has 1 aliphatic heterocycles. The molecule has 5 nitrogen and oxygen atoms in total. The summed E-state index contributed by atoms with van der Waals surface area (Å²) in [5, 5.41) is 14.6. The summed E-state index contributed by atoms with van der Waals surface area (Å²) in [5.74, 6) is -0.336. The smallest absolute Gasteiger partial charge is 0.255 e. The number of amides is 1. The zero-order chi connectivity index (χ0) is 17.1. The molecule has 1 heterocycles. The molecule has 24 heavy (non-hydrogen) atoms. The molecule has 2 aromatic rings. The number of nitrogens with zero attached hydrogens (tertiary/aromatic N) is 2. The number of carbonyl (C=O) groups is 1. The number of hydrogen-bond acceptors (Lipinski definition) is 4. The number of phenols is 1. The van der Waals surface area contributed by atoms with Gasteiger partial charge < -0.3 is 15.3 Å². The number of anilines is 1.